The lowest BCUT2D eigenvalue weighted by atomic mass is 9.80. The first kappa shape index (κ1) is 32.5. The van der Waals surface area contributed by atoms with Crippen LogP contribution in [0.15, 0.2) is 64.0 Å². The van der Waals surface area contributed by atoms with Gasteiger partial charge in [0.05, 0.1) is 57.8 Å². The molecule has 3 rings (SSSR count). The van der Waals surface area contributed by atoms with Gasteiger partial charge in [-0.3, -0.25) is 4.79 Å². The first-order chi connectivity index (χ1) is 20.7. The fourth-order valence-electron chi connectivity index (χ4n) is 4.58. The second kappa shape index (κ2) is 15.3. The maximum atomic E-state index is 12.9. The van der Waals surface area contributed by atoms with Crippen LogP contribution in [0.1, 0.15) is 44.7 Å². The second-order valence-corrected chi connectivity index (χ2v) is 9.19. The van der Waals surface area contributed by atoms with Gasteiger partial charge in [0.15, 0.2) is 18.1 Å². The Balaban J connectivity index is 1.72. The van der Waals surface area contributed by atoms with E-state index in [2.05, 4.69) is 15.8 Å². The molecule has 12 heteroatoms. The molecule has 12 nitrogen and oxygen atoms in total. The number of esters is 2. The van der Waals surface area contributed by atoms with Gasteiger partial charge >= 0.3 is 11.9 Å². The van der Waals surface area contributed by atoms with Gasteiger partial charge in [-0.2, -0.15) is 5.10 Å². The zero-order valence-electron chi connectivity index (χ0n) is 25.4. The predicted octanol–water partition coefficient (Wildman–Crippen LogP) is 3.60. The number of nitrogens with zero attached hydrogens (tertiary/aromatic N) is 1. The third-order valence-corrected chi connectivity index (χ3v) is 6.42. The van der Waals surface area contributed by atoms with Crippen LogP contribution in [0.5, 0.6) is 23.0 Å². The molecule has 1 heterocycles. The zero-order valence-corrected chi connectivity index (χ0v) is 25.4. The van der Waals surface area contributed by atoms with Gasteiger partial charge in [0.2, 0.25) is 5.75 Å². The number of carbonyl (C=O) groups is 3. The number of allylic oxidation sites excluding steroid dienone is 2. The second-order valence-electron chi connectivity index (χ2n) is 9.19. The van der Waals surface area contributed by atoms with Crippen molar-refractivity contribution in [2.45, 2.75) is 33.6 Å². The van der Waals surface area contributed by atoms with Gasteiger partial charge in [-0.15, -0.1) is 0 Å². The van der Waals surface area contributed by atoms with Crippen molar-refractivity contribution in [3.05, 3.63) is 70.1 Å². The molecule has 0 saturated heterocycles. The number of amides is 1. The summed E-state index contributed by atoms with van der Waals surface area (Å²) in [7, 11) is 4.52. The van der Waals surface area contributed by atoms with Crippen LogP contribution in [0.25, 0.3) is 0 Å². The minimum atomic E-state index is -0.721. The number of nitrogens with one attached hydrogen (secondary N) is 2. The van der Waals surface area contributed by atoms with Gasteiger partial charge in [0, 0.05) is 17.0 Å². The van der Waals surface area contributed by atoms with Gasteiger partial charge in [0.1, 0.15) is 5.75 Å². The summed E-state index contributed by atoms with van der Waals surface area (Å²) in [6.45, 7) is 7.00. The largest absolute Gasteiger partial charge is 0.493 e. The van der Waals surface area contributed by atoms with E-state index >= 15 is 0 Å². The van der Waals surface area contributed by atoms with Crippen molar-refractivity contribution in [1.29, 1.82) is 0 Å². The van der Waals surface area contributed by atoms with Crippen molar-refractivity contribution in [1.82, 2.24) is 10.7 Å². The van der Waals surface area contributed by atoms with Crippen molar-refractivity contribution >= 4 is 24.1 Å². The van der Waals surface area contributed by atoms with E-state index < -0.39 is 23.8 Å². The Morgan fingerprint density at radius 1 is 0.860 bits per heavy atom. The Morgan fingerprint density at radius 3 is 1.86 bits per heavy atom. The lowest BCUT2D eigenvalue weighted by molar-refractivity contribution is -0.139. The fourth-order valence-corrected chi connectivity index (χ4v) is 4.58. The van der Waals surface area contributed by atoms with Crippen LogP contribution in [-0.2, 0) is 23.9 Å². The number of hydrogen-bond acceptors (Lipinski definition) is 11. The first-order valence-electron chi connectivity index (χ1n) is 13.6. The number of dihydropyridines is 1. The van der Waals surface area contributed by atoms with Crippen LogP contribution in [-0.4, -0.2) is 65.2 Å². The Morgan fingerprint density at radius 2 is 1.40 bits per heavy atom. The van der Waals surface area contributed by atoms with E-state index in [0.717, 1.165) is 0 Å². The third kappa shape index (κ3) is 7.85. The van der Waals surface area contributed by atoms with E-state index in [4.69, 9.17) is 28.4 Å². The summed E-state index contributed by atoms with van der Waals surface area (Å²) in [6, 6.07) is 10.1. The SMILES string of the molecule is CCOC(=O)C1=C(C)NC(C)=C(C(=O)OCC)C1c1ccc(OCC(=O)N/N=C/c2cc(OC)c(OC)c(OC)c2)cc1. The minimum absolute atomic E-state index is 0.182. The van der Waals surface area contributed by atoms with Crippen molar-refractivity contribution in [3.63, 3.8) is 0 Å². The van der Waals surface area contributed by atoms with Crippen LogP contribution >= 0.6 is 0 Å². The van der Waals surface area contributed by atoms with Crippen molar-refractivity contribution < 1.29 is 42.8 Å². The average Bonchev–Trinajstić information content (AvgIpc) is 2.99. The molecule has 2 aromatic carbocycles. The van der Waals surface area contributed by atoms with E-state index in [0.29, 0.717) is 56.7 Å². The summed E-state index contributed by atoms with van der Waals surface area (Å²) in [4.78, 5) is 38.2. The van der Waals surface area contributed by atoms with E-state index in [1.165, 1.54) is 27.5 Å². The van der Waals surface area contributed by atoms with Gasteiger partial charge < -0.3 is 33.7 Å². The minimum Gasteiger partial charge on any atom is -0.493 e. The number of methoxy groups -OCH3 is 3. The molecular weight excluding hydrogens is 558 g/mol. The average molecular weight is 596 g/mol. The summed E-state index contributed by atoms with van der Waals surface area (Å²) in [5.41, 5.74) is 5.46. The Kier molecular flexibility index (Phi) is 11.6. The summed E-state index contributed by atoms with van der Waals surface area (Å²) in [6.07, 6.45) is 1.43. The smallest absolute Gasteiger partial charge is 0.336 e. The maximum absolute atomic E-state index is 12.9. The number of rotatable bonds is 13. The molecule has 0 spiro atoms. The quantitative estimate of drug-likeness (QED) is 0.200. The summed E-state index contributed by atoms with van der Waals surface area (Å²) in [5, 5.41) is 7.07. The molecule has 1 amide bonds. The van der Waals surface area contributed by atoms with Crippen molar-refractivity contribution in [2.24, 2.45) is 5.10 Å². The van der Waals surface area contributed by atoms with Crippen LogP contribution in [0, 0.1) is 0 Å². The summed E-state index contributed by atoms with van der Waals surface area (Å²) in [5.74, 6) is -0.530. The predicted molar refractivity (Wildman–Crippen MR) is 158 cm³/mol. The van der Waals surface area contributed by atoms with Crippen LogP contribution in [0.2, 0.25) is 0 Å². The lowest BCUT2D eigenvalue weighted by Gasteiger charge is -2.30. The van der Waals surface area contributed by atoms with Crippen LogP contribution in [0.4, 0.5) is 0 Å². The number of hydrazone groups is 1. The normalized spacial score (nSPS) is 13.4. The fraction of sp³-hybridized carbons (Fsp3) is 0.355. The van der Waals surface area contributed by atoms with Gasteiger partial charge in [-0.25, -0.2) is 15.0 Å². The van der Waals surface area contributed by atoms with Crippen LogP contribution in [0.3, 0.4) is 0 Å². The molecule has 0 fully saturated rings. The highest BCUT2D eigenvalue weighted by atomic mass is 16.5. The third-order valence-electron chi connectivity index (χ3n) is 6.42. The molecular formula is C31H37N3O9. The molecule has 0 atom stereocenters. The maximum Gasteiger partial charge on any atom is 0.336 e. The summed E-state index contributed by atoms with van der Waals surface area (Å²) < 4.78 is 32.2. The molecule has 1 aliphatic rings. The lowest BCUT2D eigenvalue weighted by Crippen LogP contribution is -2.32. The van der Waals surface area contributed by atoms with E-state index in [1.807, 2.05) is 0 Å². The molecule has 0 unspecified atom stereocenters. The number of carbonyl (C=O) groups excluding carboxylic acids is 3. The molecule has 0 saturated carbocycles. The molecule has 0 aliphatic carbocycles. The number of ether oxygens (including phenoxy) is 6. The molecule has 0 radical (unpaired) electrons. The van der Waals surface area contributed by atoms with Crippen molar-refractivity contribution in [2.75, 3.05) is 41.2 Å². The highest BCUT2D eigenvalue weighted by Gasteiger charge is 2.37. The Bertz CT molecular complexity index is 1360. The number of hydrogen-bond donors (Lipinski definition) is 2. The van der Waals surface area contributed by atoms with Gasteiger partial charge in [-0.05, 0) is 57.5 Å². The molecule has 43 heavy (non-hydrogen) atoms. The van der Waals surface area contributed by atoms with E-state index in [1.54, 1.807) is 64.1 Å². The molecule has 0 bridgehead atoms. The topological polar surface area (TPSA) is 143 Å². The molecule has 230 valence electrons. The molecule has 2 N–H and O–H groups in total. The van der Waals surface area contributed by atoms with Gasteiger partial charge in [-0.1, -0.05) is 12.1 Å². The van der Waals surface area contributed by atoms with E-state index in [-0.39, 0.29) is 19.8 Å². The zero-order chi connectivity index (χ0) is 31.5. The molecule has 2 aromatic rings. The first-order valence-corrected chi connectivity index (χ1v) is 13.6. The Hall–Kier alpha value is -5.00. The molecule has 1 aliphatic heterocycles. The van der Waals surface area contributed by atoms with Gasteiger partial charge in [0.25, 0.3) is 5.91 Å². The standard InChI is InChI=1S/C31H37N3O9/c1-8-41-30(36)26-18(3)33-19(4)27(31(37)42-9-2)28(26)21-10-12-22(13-11-21)43-17-25(35)34-32-16-20-14-23(38-5)29(40-7)24(15-20)39-6/h10-16,28,33H,8-9,17H2,1-7H3,(H,34,35)/b32-16+. The van der Waals surface area contributed by atoms with Crippen LogP contribution < -0.4 is 29.7 Å². The van der Waals surface area contributed by atoms with E-state index in [9.17, 15) is 14.4 Å². The summed E-state index contributed by atoms with van der Waals surface area (Å²) >= 11 is 0. The highest BCUT2D eigenvalue weighted by Crippen LogP contribution is 2.40. The highest BCUT2D eigenvalue weighted by molar-refractivity contribution is 6.00. The molecule has 0 aromatic heterocycles. The monoisotopic (exact) mass is 595 g/mol. The Labute approximate surface area is 250 Å². The number of benzene rings is 2. The van der Waals surface area contributed by atoms with Crippen molar-refractivity contribution in [3.8, 4) is 23.0 Å².